The van der Waals surface area contributed by atoms with Crippen molar-refractivity contribution in [2.24, 2.45) is 0 Å². The molecule has 1 aromatic carbocycles. The number of carbonyl (C=O) groups excluding carboxylic acids is 1. The minimum Gasteiger partial charge on any atom is -0.497 e. The summed E-state index contributed by atoms with van der Waals surface area (Å²) in [4.78, 5) is 22.3. The maximum absolute atomic E-state index is 12.0. The number of unbranched alkanes of at least 4 members (excludes halogenated alkanes) is 2. The molecule has 0 aromatic heterocycles. The quantitative estimate of drug-likeness (QED) is 0.528. The Kier molecular flexibility index (Phi) is 7.35. The van der Waals surface area contributed by atoms with E-state index in [2.05, 4.69) is 27.9 Å². The number of hydrogen-bond acceptors (Lipinski definition) is 3. The maximum atomic E-state index is 12.0. The van der Waals surface area contributed by atoms with Crippen molar-refractivity contribution < 1.29 is 19.4 Å². The summed E-state index contributed by atoms with van der Waals surface area (Å²) in [6.45, 7) is 0.556. The molecular weight excluding hydrogens is 373 g/mol. The summed E-state index contributed by atoms with van der Waals surface area (Å²) in [6, 6.07) is 5.30. The van der Waals surface area contributed by atoms with Crippen molar-refractivity contribution in [3.05, 3.63) is 27.3 Å². The van der Waals surface area contributed by atoms with Gasteiger partial charge in [0.15, 0.2) is 0 Å². The van der Waals surface area contributed by atoms with E-state index in [1.165, 1.54) is 0 Å². The Bertz CT molecular complexity index is 476. The highest BCUT2D eigenvalue weighted by Gasteiger charge is 2.10. The highest BCUT2D eigenvalue weighted by Crippen LogP contribution is 2.19. The number of carboxylic acid groups (broad SMARTS) is 1. The molecule has 0 aliphatic carbocycles. The van der Waals surface area contributed by atoms with Crippen LogP contribution in [0.25, 0.3) is 0 Å². The van der Waals surface area contributed by atoms with Crippen LogP contribution >= 0.6 is 22.6 Å². The van der Waals surface area contributed by atoms with Crippen LogP contribution in [0.15, 0.2) is 18.2 Å². The lowest BCUT2D eigenvalue weighted by molar-refractivity contribution is -0.137. The van der Waals surface area contributed by atoms with Crippen LogP contribution in [0, 0.1) is 3.57 Å². The van der Waals surface area contributed by atoms with Crippen LogP contribution in [0.4, 0.5) is 0 Å². The number of carboxylic acids is 1. The number of aliphatic carboxylic acids is 1. The van der Waals surface area contributed by atoms with E-state index in [1.54, 1.807) is 19.2 Å². The second kappa shape index (κ2) is 8.78. The molecule has 0 aliphatic rings. The second-order valence-electron chi connectivity index (χ2n) is 4.31. The van der Waals surface area contributed by atoms with Gasteiger partial charge in [-0.2, -0.15) is 0 Å². The van der Waals surface area contributed by atoms with Gasteiger partial charge in [0.05, 0.1) is 12.7 Å². The normalized spacial score (nSPS) is 10.1. The first-order valence-electron chi connectivity index (χ1n) is 6.38. The molecule has 0 heterocycles. The van der Waals surface area contributed by atoms with Crippen LogP contribution in [0.3, 0.4) is 0 Å². The molecule has 0 spiro atoms. The van der Waals surface area contributed by atoms with E-state index in [9.17, 15) is 9.59 Å². The van der Waals surface area contributed by atoms with Crippen molar-refractivity contribution in [2.45, 2.75) is 25.7 Å². The van der Waals surface area contributed by atoms with Gasteiger partial charge in [0.1, 0.15) is 5.75 Å². The summed E-state index contributed by atoms with van der Waals surface area (Å²) in [5, 5.41) is 11.3. The van der Waals surface area contributed by atoms with Crippen molar-refractivity contribution >= 4 is 34.5 Å². The van der Waals surface area contributed by atoms with Gasteiger partial charge < -0.3 is 15.2 Å². The fourth-order valence-electron chi connectivity index (χ4n) is 1.68. The Morgan fingerprint density at radius 1 is 1.30 bits per heavy atom. The molecule has 0 atom stereocenters. The number of hydrogen-bond donors (Lipinski definition) is 2. The van der Waals surface area contributed by atoms with Crippen LogP contribution in [0.1, 0.15) is 36.0 Å². The zero-order chi connectivity index (χ0) is 15.0. The van der Waals surface area contributed by atoms with Crippen molar-refractivity contribution in [3.8, 4) is 5.75 Å². The number of carbonyl (C=O) groups is 2. The molecule has 1 amide bonds. The van der Waals surface area contributed by atoms with Gasteiger partial charge in [-0.1, -0.05) is 6.42 Å². The zero-order valence-electron chi connectivity index (χ0n) is 11.3. The Morgan fingerprint density at radius 3 is 2.65 bits per heavy atom. The molecule has 0 saturated heterocycles. The first kappa shape index (κ1) is 16.7. The summed E-state index contributed by atoms with van der Waals surface area (Å²) >= 11 is 2.10. The summed E-state index contributed by atoms with van der Waals surface area (Å²) in [6.07, 6.45) is 2.41. The maximum Gasteiger partial charge on any atom is 0.303 e. The standard InChI is InChI=1S/C14H18INO4/c1-20-10-6-7-11(12(15)9-10)14(19)16-8-4-2-3-5-13(17)18/h6-7,9H,2-5,8H2,1H3,(H,16,19)(H,17,18). The first-order chi connectivity index (χ1) is 9.54. The van der Waals surface area contributed by atoms with E-state index in [1.807, 2.05) is 6.07 Å². The van der Waals surface area contributed by atoms with E-state index < -0.39 is 5.97 Å². The monoisotopic (exact) mass is 391 g/mol. The molecule has 1 rings (SSSR count). The fraction of sp³-hybridized carbons (Fsp3) is 0.429. The van der Waals surface area contributed by atoms with E-state index in [4.69, 9.17) is 9.84 Å². The van der Waals surface area contributed by atoms with Crippen molar-refractivity contribution in [2.75, 3.05) is 13.7 Å². The molecule has 0 saturated carbocycles. The van der Waals surface area contributed by atoms with Gasteiger partial charge in [0.25, 0.3) is 5.91 Å². The van der Waals surface area contributed by atoms with Crippen LogP contribution < -0.4 is 10.1 Å². The van der Waals surface area contributed by atoms with Crippen molar-refractivity contribution in [3.63, 3.8) is 0 Å². The molecule has 0 fully saturated rings. The Balaban J connectivity index is 2.34. The molecule has 0 bridgehead atoms. The fourth-order valence-corrected chi connectivity index (χ4v) is 2.41. The van der Waals surface area contributed by atoms with Crippen molar-refractivity contribution in [1.29, 1.82) is 0 Å². The SMILES string of the molecule is COc1ccc(C(=O)NCCCCCC(=O)O)c(I)c1. The third-order valence-corrected chi connectivity index (χ3v) is 3.67. The smallest absolute Gasteiger partial charge is 0.303 e. The van der Waals surface area contributed by atoms with E-state index in [0.717, 1.165) is 22.2 Å². The minimum atomic E-state index is -0.776. The molecule has 110 valence electrons. The average molecular weight is 391 g/mol. The van der Waals surface area contributed by atoms with E-state index >= 15 is 0 Å². The molecule has 0 radical (unpaired) electrons. The lowest BCUT2D eigenvalue weighted by atomic mass is 10.2. The van der Waals surface area contributed by atoms with Gasteiger partial charge in [-0.3, -0.25) is 9.59 Å². The molecule has 0 unspecified atom stereocenters. The molecule has 0 aliphatic heterocycles. The highest BCUT2D eigenvalue weighted by atomic mass is 127. The van der Waals surface area contributed by atoms with Gasteiger partial charge in [0, 0.05) is 16.5 Å². The summed E-state index contributed by atoms with van der Waals surface area (Å²) in [5.74, 6) is -0.170. The van der Waals surface area contributed by atoms with Crippen LogP contribution in [0.2, 0.25) is 0 Å². The van der Waals surface area contributed by atoms with E-state index in [-0.39, 0.29) is 12.3 Å². The number of nitrogens with one attached hydrogen (secondary N) is 1. The third-order valence-electron chi connectivity index (χ3n) is 2.77. The summed E-state index contributed by atoms with van der Waals surface area (Å²) in [7, 11) is 1.59. The predicted molar refractivity (Wildman–Crippen MR) is 84.1 cm³/mol. The predicted octanol–water partition coefficient (Wildman–Crippen LogP) is 2.67. The molecule has 6 heteroatoms. The van der Waals surface area contributed by atoms with Gasteiger partial charge in [-0.25, -0.2) is 0 Å². The van der Waals surface area contributed by atoms with E-state index in [0.29, 0.717) is 18.5 Å². The Labute approximate surface area is 131 Å². The largest absolute Gasteiger partial charge is 0.497 e. The third kappa shape index (κ3) is 5.77. The number of benzene rings is 1. The molecule has 1 aromatic rings. The lowest BCUT2D eigenvalue weighted by Crippen LogP contribution is -2.25. The van der Waals surface area contributed by atoms with Crippen LogP contribution in [0.5, 0.6) is 5.75 Å². The minimum absolute atomic E-state index is 0.115. The number of ether oxygens (including phenoxy) is 1. The van der Waals surface area contributed by atoms with Gasteiger partial charge >= 0.3 is 5.97 Å². The lowest BCUT2D eigenvalue weighted by Gasteiger charge is -2.08. The Morgan fingerprint density at radius 2 is 2.05 bits per heavy atom. The number of amides is 1. The molecule has 20 heavy (non-hydrogen) atoms. The van der Waals surface area contributed by atoms with Gasteiger partial charge in [0.2, 0.25) is 0 Å². The average Bonchev–Trinajstić information content (AvgIpc) is 2.41. The topological polar surface area (TPSA) is 75.6 Å². The number of rotatable bonds is 8. The van der Waals surface area contributed by atoms with Crippen LogP contribution in [-0.4, -0.2) is 30.6 Å². The number of methoxy groups -OCH3 is 1. The zero-order valence-corrected chi connectivity index (χ0v) is 13.5. The van der Waals surface area contributed by atoms with Gasteiger partial charge in [-0.15, -0.1) is 0 Å². The first-order valence-corrected chi connectivity index (χ1v) is 7.46. The Hall–Kier alpha value is -1.31. The summed E-state index contributed by atoms with van der Waals surface area (Å²) in [5.41, 5.74) is 0.622. The van der Waals surface area contributed by atoms with Crippen LogP contribution in [-0.2, 0) is 4.79 Å². The molecule has 5 nitrogen and oxygen atoms in total. The highest BCUT2D eigenvalue weighted by molar-refractivity contribution is 14.1. The molecular formula is C14H18INO4. The summed E-state index contributed by atoms with van der Waals surface area (Å²) < 4.78 is 5.93. The second-order valence-corrected chi connectivity index (χ2v) is 5.47. The molecule has 2 N–H and O–H groups in total. The number of halogens is 1. The van der Waals surface area contributed by atoms with Crippen molar-refractivity contribution in [1.82, 2.24) is 5.32 Å². The van der Waals surface area contributed by atoms with Gasteiger partial charge in [-0.05, 0) is 53.6 Å².